The van der Waals surface area contributed by atoms with E-state index in [-0.39, 0.29) is 21.6 Å². The maximum absolute atomic E-state index is 12.8. The zero-order chi connectivity index (χ0) is 19.4. The lowest BCUT2D eigenvalue weighted by Crippen LogP contribution is -2.28. The summed E-state index contributed by atoms with van der Waals surface area (Å²) in [6.07, 6.45) is -2.95. The molecule has 6 nitrogen and oxygen atoms in total. The number of nitrogens with zero attached hydrogens (tertiary/aromatic N) is 2. The van der Waals surface area contributed by atoms with E-state index < -0.39 is 21.8 Å². The molecule has 1 heterocycles. The molecule has 0 aliphatic carbocycles. The first-order valence-electron chi connectivity index (χ1n) is 7.14. The van der Waals surface area contributed by atoms with Gasteiger partial charge in [0.25, 0.3) is 10.0 Å². The van der Waals surface area contributed by atoms with Gasteiger partial charge in [-0.25, -0.2) is 4.98 Å². The van der Waals surface area contributed by atoms with Crippen molar-refractivity contribution in [2.75, 3.05) is 11.7 Å². The highest BCUT2D eigenvalue weighted by atomic mass is 32.2. The molecule has 0 atom stereocenters. The van der Waals surface area contributed by atoms with Gasteiger partial charge in [-0.15, -0.1) is 4.40 Å². The Bertz CT molecular complexity index is 901. The molecular weight excluding hydrogens is 389 g/mol. The van der Waals surface area contributed by atoms with Crippen LogP contribution in [0.3, 0.4) is 0 Å². The van der Waals surface area contributed by atoms with Crippen LogP contribution in [0, 0.1) is 6.92 Å². The van der Waals surface area contributed by atoms with E-state index in [9.17, 15) is 21.6 Å². The van der Waals surface area contributed by atoms with E-state index in [2.05, 4.69) is 20.2 Å². The van der Waals surface area contributed by atoms with Gasteiger partial charge in [0, 0.05) is 5.69 Å². The van der Waals surface area contributed by atoms with E-state index in [1.807, 2.05) is 0 Å². The zero-order valence-electron chi connectivity index (χ0n) is 13.7. The summed E-state index contributed by atoms with van der Waals surface area (Å²) in [5.74, 6) is -0.115. The molecule has 0 unspecified atom stereocenters. The van der Waals surface area contributed by atoms with Crippen LogP contribution in [0.15, 0.2) is 51.8 Å². The molecule has 2 rings (SSSR count). The third-order valence-corrected chi connectivity index (χ3v) is 5.00. The number of halogens is 3. The fraction of sp³-hybridized carbons (Fsp3) is 0.200. The smallest absolute Gasteiger partial charge is 0.282 e. The number of thioether (sulfide) groups is 1. The quantitative estimate of drug-likeness (QED) is 0.462. The number of amidine groups is 1. The summed E-state index contributed by atoms with van der Waals surface area (Å²) in [5, 5.41) is -0.0503. The van der Waals surface area contributed by atoms with Gasteiger partial charge >= 0.3 is 6.18 Å². The second-order valence-electron chi connectivity index (χ2n) is 5.02. The lowest BCUT2D eigenvalue weighted by atomic mass is 10.2. The van der Waals surface area contributed by atoms with Gasteiger partial charge in [0.1, 0.15) is 5.82 Å². The fourth-order valence-electron chi connectivity index (χ4n) is 1.88. The number of alkyl halides is 3. The second-order valence-corrected chi connectivity index (χ2v) is 7.42. The minimum Gasteiger partial charge on any atom is -0.282 e. The van der Waals surface area contributed by atoms with Gasteiger partial charge in [0.15, 0.2) is 5.17 Å². The summed E-state index contributed by atoms with van der Waals surface area (Å²) in [7, 11) is -3.95. The molecule has 26 heavy (non-hydrogen) atoms. The second kappa shape index (κ2) is 7.96. The molecule has 0 amide bonds. The van der Waals surface area contributed by atoms with Crippen LogP contribution in [-0.2, 0) is 16.2 Å². The number of pyridine rings is 1. The summed E-state index contributed by atoms with van der Waals surface area (Å²) >= 11 is 0.972. The molecule has 1 aromatic carbocycles. The predicted octanol–water partition coefficient (Wildman–Crippen LogP) is 3.43. The highest BCUT2D eigenvalue weighted by molar-refractivity contribution is 8.13. The maximum atomic E-state index is 12.8. The molecule has 0 fully saturated rings. The molecule has 0 bridgehead atoms. The van der Waals surface area contributed by atoms with Crippen molar-refractivity contribution in [3.8, 4) is 0 Å². The van der Waals surface area contributed by atoms with Crippen molar-refractivity contribution in [3.05, 3.63) is 53.7 Å². The molecule has 0 aliphatic rings. The Morgan fingerprint density at radius 2 is 1.85 bits per heavy atom. The van der Waals surface area contributed by atoms with Crippen molar-refractivity contribution in [2.24, 2.45) is 4.40 Å². The van der Waals surface area contributed by atoms with Crippen molar-refractivity contribution in [3.63, 3.8) is 0 Å². The fourth-order valence-corrected chi connectivity index (χ4v) is 3.50. The molecule has 0 aliphatic heterocycles. The summed E-state index contributed by atoms with van der Waals surface area (Å²) in [4.78, 5) is 3.92. The van der Waals surface area contributed by atoms with Crippen molar-refractivity contribution >= 4 is 32.8 Å². The lowest BCUT2D eigenvalue weighted by Gasteiger charge is -2.13. The lowest BCUT2D eigenvalue weighted by molar-refractivity contribution is -0.137. The van der Waals surface area contributed by atoms with Crippen LogP contribution < -0.4 is 10.9 Å². The van der Waals surface area contributed by atoms with Crippen LogP contribution in [0.25, 0.3) is 0 Å². The number of benzene rings is 1. The molecule has 0 radical (unpaired) electrons. The van der Waals surface area contributed by atoms with Gasteiger partial charge in [-0.1, -0.05) is 30.0 Å². The topological polar surface area (TPSA) is 83.5 Å². The van der Waals surface area contributed by atoms with Gasteiger partial charge in [0.2, 0.25) is 0 Å². The van der Waals surface area contributed by atoms with Crippen molar-refractivity contribution in [1.29, 1.82) is 0 Å². The van der Waals surface area contributed by atoms with Gasteiger partial charge in [0.05, 0.1) is 10.5 Å². The van der Waals surface area contributed by atoms with Crippen LogP contribution in [0.5, 0.6) is 0 Å². The van der Waals surface area contributed by atoms with Crippen LogP contribution in [0.4, 0.5) is 19.0 Å². The first-order chi connectivity index (χ1) is 12.1. The van der Waals surface area contributed by atoms with E-state index in [1.165, 1.54) is 19.1 Å². The van der Waals surface area contributed by atoms with Gasteiger partial charge in [-0.2, -0.15) is 21.6 Å². The molecule has 140 valence electrons. The first kappa shape index (κ1) is 20.0. The summed E-state index contributed by atoms with van der Waals surface area (Å²) in [5.41, 5.74) is 4.21. The first-order valence-corrected chi connectivity index (χ1v) is 9.80. The van der Waals surface area contributed by atoms with Gasteiger partial charge in [-0.3, -0.25) is 10.9 Å². The molecule has 1 aromatic heterocycles. The van der Waals surface area contributed by atoms with Crippen LogP contribution in [0.2, 0.25) is 0 Å². The number of aryl methyl sites for hydroxylation is 1. The number of hydrogen-bond donors (Lipinski definition) is 2. The number of nitrogens with one attached hydrogen (secondary N) is 2. The summed E-state index contributed by atoms with van der Waals surface area (Å²) in [6, 6.07) is 9.28. The number of sulfonamides is 1. The number of hydrogen-bond acceptors (Lipinski definition) is 5. The molecule has 11 heteroatoms. The normalized spacial score (nSPS) is 12.7. The van der Waals surface area contributed by atoms with Gasteiger partial charge < -0.3 is 0 Å². The molecule has 0 saturated carbocycles. The largest absolute Gasteiger partial charge is 0.416 e. The van der Waals surface area contributed by atoms with E-state index in [4.69, 9.17) is 0 Å². The standard InChI is InChI=1S/C15H15F3N4O2S2/c1-10-8-11(15(16,17)18)9-13(19-10)20-21-14(25-2)22-26(23,24)12-6-4-3-5-7-12/h3-9H,1-2H3,(H,19,20)(H,21,22). The SMILES string of the molecule is CSC(=NS(=O)(=O)c1ccccc1)NNc1cc(C(F)(F)F)cc(C)n1. The number of aromatic nitrogens is 1. The Kier molecular flexibility index (Phi) is 6.13. The Hall–Kier alpha value is -2.27. The van der Waals surface area contributed by atoms with Crippen molar-refractivity contribution in [1.82, 2.24) is 10.4 Å². The van der Waals surface area contributed by atoms with Crippen LogP contribution >= 0.6 is 11.8 Å². The van der Waals surface area contributed by atoms with E-state index in [0.717, 1.165) is 23.9 Å². The van der Waals surface area contributed by atoms with E-state index >= 15 is 0 Å². The predicted molar refractivity (Wildman–Crippen MR) is 95.3 cm³/mol. The Morgan fingerprint density at radius 3 is 2.42 bits per heavy atom. The third kappa shape index (κ3) is 5.36. The van der Waals surface area contributed by atoms with Crippen molar-refractivity contribution < 1.29 is 21.6 Å². The van der Waals surface area contributed by atoms with Gasteiger partial charge in [-0.05, 0) is 37.4 Å². The minimum atomic E-state index is -4.52. The summed E-state index contributed by atoms with van der Waals surface area (Å²) < 4.78 is 66.6. The highest BCUT2D eigenvalue weighted by Crippen LogP contribution is 2.30. The average molecular weight is 404 g/mol. The zero-order valence-corrected chi connectivity index (χ0v) is 15.3. The Morgan fingerprint density at radius 1 is 1.19 bits per heavy atom. The molecule has 2 aromatic rings. The molecule has 0 saturated heterocycles. The van der Waals surface area contributed by atoms with E-state index in [1.54, 1.807) is 24.5 Å². The van der Waals surface area contributed by atoms with Crippen molar-refractivity contribution in [2.45, 2.75) is 18.0 Å². The number of anilines is 1. The monoisotopic (exact) mass is 404 g/mol. The van der Waals surface area contributed by atoms with Crippen LogP contribution in [0.1, 0.15) is 11.3 Å². The summed E-state index contributed by atoms with van der Waals surface area (Å²) in [6.45, 7) is 1.42. The third-order valence-electron chi connectivity index (χ3n) is 3.02. The Labute approximate surface area is 153 Å². The number of hydrazine groups is 1. The molecule has 0 spiro atoms. The Balaban J connectivity index is 2.21. The molecular formula is C15H15F3N4O2S2. The maximum Gasteiger partial charge on any atom is 0.416 e. The molecule has 2 N–H and O–H groups in total. The minimum absolute atomic E-state index is 0.00129. The van der Waals surface area contributed by atoms with E-state index in [0.29, 0.717) is 0 Å². The number of rotatable bonds is 4. The van der Waals surface area contributed by atoms with Crippen LogP contribution in [-0.4, -0.2) is 24.8 Å². The highest BCUT2D eigenvalue weighted by Gasteiger charge is 2.31. The average Bonchev–Trinajstić information content (AvgIpc) is 2.58.